The number of aryl methyl sites for hydroxylation is 1. The van der Waals surface area contributed by atoms with E-state index in [1.54, 1.807) is 24.6 Å². The molecule has 1 atom stereocenters. The molecule has 3 aromatic heterocycles. The first kappa shape index (κ1) is 15.8. The Hall–Kier alpha value is -2.45. The predicted octanol–water partition coefficient (Wildman–Crippen LogP) is 4.13. The van der Waals surface area contributed by atoms with Gasteiger partial charge in [0, 0.05) is 16.5 Å². The zero-order valence-electron chi connectivity index (χ0n) is 14.0. The molecule has 26 heavy (non-hydrogen) atoms. The minimum atomic E-state index is 0.140. The van der Waals surface area contributed by atoms with Crippen molar-refractivity contribution in [1.82, 2.24) is 19.6 Å². The molecule has 5 rings (SSSR count). The molecular formula is C18H15N5OS2. The fraction of sp³-hybridized carbons (Fsp3) is 0.278. The van der Waals surface area contributed by atoms with E-state index in [2.05, 4.69) is 24.9 Å². The summed E-state index contributed by atoms with van der Waals surface area (Å²) in [6.07, 6.45) is 4.23. The summed E-state index contributed by atoms with van der Waals surface area (Å²) in [6, 6.07) is 5.99. The number of carbonyl (C=O) groups excluding carboxylic acids is 1. The van der Waals surface area contributed by atoms with E-state index in [0.717, 1.165) is 51.2 Å². The van der Waals surface area contributed by atoms with Crippen LogP contribution in [0.5, 0.6) is 0 Å². The van der Waals surface area contributed by atoms with Crippen LogP contribution in [0.1, 0.15) is 23.8 Å². The number of aromatic nitrogens is 4. The molecular weight excluding hydrogens is 366 g/mol. The summed E-state index contributed by atoms with van der Waals surface area (Å²) in [6.45, 7) is 1.69. The van der Waals surface area contributed by atoms with Crippen molar-refractivity contribution in [3.8, 4) is 0 Å². The monoisotopic (exact) mass is 381 g/mol. The molecule has 130 valence electrons. The SMILES string of the molecule is CC(=O)[C@H]1CCc2c(sc3ncnc(Nc4ccc5nnsc5c4)c23)C1. The number of hydrogen-bond acceptors (Lipinski definition) is 8. The summed E-state index contributed by atoms with van der Waals surface area (Å²) in [5.41, 5.74) is 3.16. The Labute approximate surface area is 157 Å². The van der Waals surface area contributed by atoms with Gasteiger partial charge < -0.3 is 5.32 Å². The second-order valence-corrected chi connectivity index (χ2v) is 8.41. The van der Waals surface area contributed by atoms with Gasteiger partial charge in [0.1, 0.15) is 28.3 Å². The lowest BCUT2D eigenvalue weighted by Gasteiger charge is -2.19. The lowest BCUT2D eigenvalue weighted by atomic mass is 9.85. The van der Waals surface area contributed by atoms with Crippen LogP contribution in [0.2, 0.25) is 0 Å². The van der Waals surface area contributed by atoms with E-state index in [1.807, 2.05) is 18.2 Å². The summed E-state index contributed by atoms with van der Waals surface area (Å²) < 4.78 is 5.02. The zero-order valence-corrected chi connectivity index (χ0v) is 15.7. The van der Waals surface area contributed by atoms with Crippen molar-refractivity contribution in [2.45, 2.75) is 26.2 Å². The molecule has 0 unspecified atom stereocenters. The van der Waals surface area contributed by atoms with Crippen molar-refractivity contribution in [3.05, 3.63) is 35.0 Å². The molecule has 0 saturated heterocycles. The van der Waals surface area contributed by atoms with Crippen LogP contribution in [0.25, 0.3) is 20.4 Å². The molecule has 8 heteroatoms. The molecule has 3 heterocycles. The van der Waals surface area contributed by atoms with Crippen molar-refractivity contribution in [2.24, 2.45) is 5.92 Å². The van der Waals surface area contributed by atoms with Gasteiger partial charge in [-0.3, -0.25) is 4.79 Å². The van der Waals surface area contributed by atoms with Crippen LogP contribution >= 0.6 is 22.9 Å². The van der Waals surface area contributed by atoms with Crippen LogP contribution in [0.4, 0.5) is 11.5 Å². The average molecular weight is 381 g/mol. The number of anilines is 2. The van der Waals surface area contributed by atoms with E-state index in [4.69, 9.17) is 0 Å². The fourth-order valence-corrected chi connectivity index (χ4v) is 5.41. The second-order valence-electron chi connectivity index (χ2n) is 6.54. The third kappa shape index (κ3) is 2.57. The molecule has 1 aliphatic carbocycles. The number of benzene rings is 1. The fourth-order valence-electron chi connectivity index (χ4n) is 3.54. The summed E-state index contributed by atoms with van der Waals surface area (Å²) in [5, 5.41) is 8.61. The minimum absolute atomic E-state index is 0.140. The largest absolute Gasteiger partial charge is 0.340 e. The van der Waals surface area contributed by atoms with E-state index in [0.29, 0.717) is 0 Å². The predicted molar refractivity (Wildman–Crippen MR) is 104 cm³/mol. The van der Waals surface area contributed by atoms with Gasteiger partial charge in [-0.25, -0.2) is 9.97 Å². The molecule has 1 aliphatic rings. The summed E-state index contributed by atoms with van der Waals surface area (Å²) >= 11 is 3.07. The minimum Gasteiger partial charge on any atom is -0.340 e. The van der Waals surface area contributed by atoms with Gasteiger partial charge >= 0.3 is 0 Å². The van der Waals surface area contributed by atoms with Gasteiger partial charge in [-0.15, -0.1) is 16.4 Å². The lowest BCUT2D eigenvalue weighted by Crippen LogP contribution is -2.19. The molecule has 0 radical (unpaired) electrons. The maximum absolute atomic E-state index is 11.8. The molecule has 0 saturated carbocycles. The van der Waals surface area contributed by atoms with Crippen molar-refractivity contribution in [3.63, 3.8) is 0 Å². The van der Waals surface area contributed by atoms with Gasteiger partial charge in [-0.2, -0.15) is 0 Å². The molecule has 0 fully saturated rings. The lowest BCUT2D eigenvalue weighted by molar-refractivity contribution is -0.121. The molecule has 0 aliphatic heterocycles. The van der Waals surface area contributed by atoms with Crippen molar-refractivity contribution in [1.29, 1.82) is 0 Å². The Morgan fingerprint density at radius 2 is 2.23 bits per heavy atom. The van der Waals surface area contributed by atoms with Crippen molar-refractivity contribution >= 4 is 60.6 Å². The second kappa shape index (κ2) is 6.07. The van der Waals surface area contributed by atoms with Crippen LogP contribution in [-0.2, 0) is 17.6 Å². The number of rotatable bonds is 3. The third-order valence-corrected chi connectivity index (χ3v) is 6.78. The number of ketones is 1. The number of Topliss-reactive ketones (excluding diaryl/α,β-unsaturated/α-hetero) is 1. The highest BCUT2D eigenvalue weighted by Gasteiger charge is 2.27. The number of carbonyl (C=O) groups is 1. The van der Waals surface area contributed by atoms with E-state index in [1.165, 1.54) is 22.0 Å². The Balaban J connectivity index is 1.57. The number of nitrogens with zero attached hydrogens (tertiary/aromatic N) is 4. The highest BCUT2D eigenvalue weighted by Crippen LogP contribution is 2.40. The van der Waals surface area contributed by atoms with Gasteiger partial charge in [0.2, 0.25) is 0 Å². The standard InChI is InChI=1S/C18H15N5OS2/c1-9(24)10-2-4-12-14(6-10)25-18-16(12)17(19-8-20-18)21-11-3-5-13-15(7-11)26-23-22-13/h3,5,7-8,10H,2,4,6H2,1H3,(H,19,20,21)/t10-/m0/s1. The topological polar surface area (TPSA) is 80.7 Å². The highest BCUT2D eigenvalue weighted by molar-refractivity contribution is 7.19. The summed E-state index contributed by atoms with van der Waals surface area (Å²) in [7, 11) is 0. The number of fused-ring (bicyclic) bond motifs is 4. The quantitative estimate of drug-likeness (QED) is 0.575. The summed E-state index contributed by atoms with van der Waals surface area (Å²) in [5.74, 6) is 1.25. The summed E-state index contributed by atoms with van der Waals surface area (Å²) in [4.78, 5) is 23.0. The highest BCUT2D eigenvalue weighted by atomic mass is 32.1. The Bertz CT molecular complexity index is 1150. The van der Waals surface area contributed by atoms with Crippen LogP contribution in [-0.4, -0.2) is 25.3 Å². The average Bonchev–Trinajstić information content (AvgIpc) is 3.25. The van der Waals surface area contributed by atoms with Gasteiger partial charge in [0.05, 0.1) is 10.1 Å². The van der Waals surface area contributed by atoms with Crippen LogP contribution in [0.15, 0.2) is 24.5 Å². The Kier molecular flexibility index (Phi) is 3.68. The Morgan fingerprint density at radius 3 is 3.12 bits per heavy atom. The van der Waals surface area contributed by atoms with E-state index in [-0.39, 0.29) is 11.7 Å². The van der Waals surface area contributed by atoms with E-state index in [9.17, 15) is 4.79 Å². The Morgan fingerprint density at radius 1 is 1.31 bits per heavy atom. The van der Waals surface area contributed by atoms with Crippen LogP contribution in [0, 0.1) is 5.92 Å². The molecule has 0 amide bonds. The van der Waals surface area contributed by atoms with Crippen molar-refractivity contribution in [2.75, 3.05) is 5.32 Å². The van der Waals surface area contributed by atoms with Crippen LogP contribution < -0.4 is 5.32 Å². The third-order valence-electron chi connectivity index (χ3n) is 4.93. The molecule has 1 N–H and O–H groups in total. The van der Waals surface area contributed by atoms with Crippen LogP contribution in [0.3, 0.4) is 0 Å². The van der Waals surface area contributed by atoms with E-state index < -0.39 is 0 Å². The molecule has 0 bridgehead atoms. The normalized spacial score (nSPS) is 16.7. The number of hydrogen-bond donors (Lipinski definition) is 1. The van der Waals surface area contributed by atoms with Crippen molar-refractivity contribution < 1.29 is 4.79 Å². The van der Waals surface area contributed by atoms with E-state index >= 15 is 0 Å². The zero-order chi connectivity index (χ0) is 17.7. The molecule has 0 spiro atoms. The first-order valence-corrected chi connectivity index (χ1v) is 10.0. The van der Waals surface area contributed by atoms with Gasteiger partial charge in [-0.1, -0.05) is 4.49 Å². The number of nitrogens with one attached hydrogen (secondary N) is 1. The molecule has 1 aromatic carbocycles. The first-order valence-electron chi connectivity index (χ1n) is 8.44. The first-order chi connectivity index (χ1) is 12.7. The number of thiophene rings is 1. The maximum Gasteiger partial charge on any atom is 0.142 e. The maximum atomic E-state index is 11.8. The van der Waals surface area contributed by atoms with Gasteiger partial charge in [0.15, 0.2) is 0 Å². The molecule has 6 nitrogen and oxygen atoms in total. The smallest absolute Gasteiger partial charge is 0.142 e. The van der Waals surface area contributed by atoms with Gasteiger partial charge in [0.25, 0.3) is 0 Å². The molecule has 4 aromatic rings. The van der Waals surface area contributed by atoms with Gasteiger partial charge in [-0.05, 0) is 61.5 Å².